The van der Waals surface area contributed by atoms with Gasteiger partial charge in [0, 0.05) is 18.3 Å². The summed E-state index contributed by atoms with van der Waals surface area (Å²) in [5.74, 6) is 0.782. The van der Waals surface area contributed by atoms with E-state index in [0.29, 0.717) is 0 Å². The fourth-order valence-corrected chi connectivity index (χ4v) is 1.82. The second kappa shape index (κ2) is 6.17. The zero-order chi connectivity index (χ0) is 12.8. The van der Waals surface area contributed by atoms with Crippen LogP contribution in [0.25, 0.3) is 11.1 Å². The fourth-order valence-electron chi connectivity index (χ4n) is 1.82. The molecule has 0 bridgehead atoms. The molecule has 1 aromatic carbocycles. The Kier molecular flexibility index (Phi) is 4.31. The van der Waals surface area contributed by atoms with Gasteiger partial charge in [-0.15, -0.1) is 0 Å². The molecule has 3 heteroatoms. The largest absolute Gasteiger partial charge is 0.495 e. The molecule has 2 aromatic rings. The van der Waals surface area contributed by atoms with Gasteiger partial charge in [0.05, 0.1) is 13.3 Å². The van der Waals surface area contributed by atoms with Crippen LogP contribution in [0.3, 0.4) is 0 Å². The Balaban J connectivity index is 2.26. The Morgan fingerprint density at radius 2 is 2.06 bits per heavy atom. The molecule has 18 heavy (non-hydrogen) atoms. The highest BCUT2D eigenvalue weighted by atomic mass is 16.5. The maximum absolute atomic E-state index is 5.20. The summed E-state index contributed by atoms with van der Waals surface area (Å²) in [4.78, 5) is 4.18. The summed E-state index contributed by atoms with van der Waals surface area (Å²) in [6.07, 6.45) is 3.57. The van der Waals surface area contributed by atoms with Crippen LogP contribution in [0.5, 0.6) is 5.75 Å². The lowest BCUT2D eigenvalue weighted by molar-refractivity contribution is 0.413. The number of pyridine rings is 1. The quantitative estimate of drug-likeness (QED) is 0.875. The van der Waals surface area contributed by atoms with Crippen LogP contribution in [0.4, 0.5) is 0 Å². The van der Waals surface area contributed by atoms with E-state index >= 15 is 0 Å². The van der Waals surface area contributed by atoms with E-state index in [1.165, 1.54) is 5.56 Å². The lowest BCUT2D eigenvalue weighted by Gasteiger charge is -2.07. The summed E-state index contributed by atoms with van der Waals surface area (Å²) in [6, 6.07) is 10.5. The number of hydrogen-bond donors (Lipinski definition) is 1. The van der Waals surface area contributed by atoms with Crippen LogP contribution in [-0.2, 0) is 6.54 Å². The van der Waals surface area contributed by atoms with Gasteiger partial charge < -0.3 is 10.1 Å². The first-order valence-corrected chi connectivity index (χ1v) is 6.12. The van der Waals surface area contributed by atoms with Crippen molar-refractivity contribution < 1.29 is 4.74 Å². The van der Waals surface area contributed by atoms with E-state index in [2.05, 4.69) is 41.5 Å². The van der Waals surface area contributed by atoms with Gasteiger partial charge in [0.1, 0.15) is 5.75 Å². The minimum Gasteiger partial charge on any atom is -0.495 e. The number of ether oxygens (including phenoxy) is 1. The first-order chi connectivity index (χ1) is 8.83. The van der Waals surface area contributed by atoms with Crippen LogP contribution in [0.15, 0.2) is 42.7 Å². The third-order valence-electron chi connectivity index (χ3n) is 2.79. The average molecular weight is 242 g/mol. The Morgan fingerprint density at radius 3 is 2.83 bits per heavy atom. The molecule has 0 radical (unpaired) electrons. The highest BCUT2D eigenvalue weighted by molar-refractivity contribution is 5.64. The zero-order valence-corrected chi connectivity index (χ0v) is 10.8. The van der Waals surface area contributed by atoms with Gasteiger partial charge in [-0.3, -0.25) is 4.98 Å². The molecule has 0 saturated heterocycles. The first kappa shape index (κ1) is 12.6. The Labute approximate surface area is 108 Å². The van der Waals surface area contributed by atoms with E-state index in [-0.39, 0.29) is 0 Å². The molecule has 2 rings (SSSR count). The van der Waals surface area contributed by atoms with Gasteiger partial charge in [-0.1, -0.05) is 25.1 Å². The molecule has 0 atom stereocenters. The second-order valence-electron chi connectivity index (χ2n) is 4.09. The van der Waals surface area contributed by atoms with Crippen molar-refractivity contribution >= 4 is 0 Å². The topological polar surface area (TPSA) is 34.2 Å². The molecule has 1 heterocycles. The van der Waals surface area contributed by atoms with E-state index in [1.54, 1.807) is 13.3 Å². The van der Waals surface area contributed by atoms with E-state index in [4.69, 9.17) is 4.74 Å². The molecule has 0 aliphatic rings. The van der Waals surface area contributed by atoms with Crippen molar-refractivity contribution in [3.05, 3.63) is 48.3 Å². The summed E-state index contributed by atoms with van der Waals surface area (Å²) in [5.41, 5.74) is 3.52. The number of methoxy groups -OCH3 is 1. The highest BCUT2D eigenvalue weighted by Crippen LogP contribution is 2.23. The van der Waals surface area contributed by atoms with Gasteiger partial charge in [-0.25, -0.2) is 0 Å². The van der Waals surface area contributed by atoms with Crippen LogP contribution < -0.4 is 10.1 Å². The molecular weight excluding hydrogens is 224 g/mol. The molecule has 3 nitrogen and oxygen atoms in total. The highest BCUT2D eigenvalue weighted by Gasteiger charge is 2.01. The molecule has 0 spiro atoms. The number of aromatic nitrogens is 1. The predicted octanol–water partition coefficient (Wildman–Crippen LogP) is 2.87. The van der Waals surface area contributed by atoms with Crippen LogP contribution in [0, 0.1) is 0 Å². The van der Waals surface area contributed by atoms with Gasteiger partial charge in [0.25, 0.3) is 0 Å². The van der Waals surface area contributed by atoms with Gasteiger partial charge in [0.2, 0.25) is 0 Å². The van der Waals surface area contributed by atoms with E-state index in [9.17, 15) is 0 Å². The molecule has 0 amide bonds. The Hall–Kier alpha value is -1.87. The number of rotatable bonds is 5. The summed E-state index contributed by atoms with van der Waals surface area (Å²) in [5, 5.41) is 3.33. The molecule has 94 valence electrons. The van der Waals surface area contributed by atoms with Gasteiger partial charge >= 0.3 is 0 Å². The molecule has 0 aliphatic heterocycles. The molecule has 1 N–H and O–H groups in total. The van der Waals surface area contributed by atoms with Crippen molar-refractivity contribution in [3.63, 3.8) is 0 Å². The van der Waals surface area contributed by atoms with Crippen LogP contribution >= 0.6 is 0 Å². The maximum Gasteiger partial charge on any atom is 0.137 e. The molecule has 0 fully saturated rings. The molecule has 0 unspecified atom stereocenters. The first-order valence-electron chi connectivity index (χ1n) is 6.12. The average Bonchev–Trinajstić information content (AvgIpc) is 2.45. The molecule has 0 aliphatic carbocycles. The Bertz CT molecular complexity index is 511. The lowest BCUT2D eigenvalue weighted by atomic mass is 10.0. The van der Waals surface area contributed by atoms with Crippen LogP contribution in [0.1, 0.15) is 12.5 Å². The number of hydrogen-bond acceptors (Lipinski definition) is 3. The number of benzene rings is 1. The van der Waals surface area contributed by atoms with Gasteiger partial charge in [0.15, 0.2) is 0 Å². The number of nitrogens with zero attached hydrogens (tertiary/aromatic N) is 1. The zero-order valence-electron chi connectivity index (χ0n) is 10.8. The van der Waals surface area contributed by atoms with Crippen molar-refractivity contribution in [2.45, 2.75) is 13.5 Å². The third-order valence-corrected chi connectivity index (χ3v) is 2.79. The van der Waals surface area contributed by atoms with Gasteiger partial charge in [-0.2, -0.15) is 0 Å². The molecule has 0 saturated carbocycles. The van der Waals surface area contributed by atoms with Crippen molar-refractivity contribution in [1.82, 2.24) is 10.3 Å². The van der Waals surface area contributed by atoms with E-state index in [1.807, 2.05) is 12.3 Å². The second-order valence-corrected chi connectivity index (χ2v) is 4.09. The predicted molar refractivity (Wildman–Crippen MR) is 73.6 cm³/mol. The number of nitrogens with one attached hydrogen (secondary N) is 1. The smallest absolute Gasteiger partial charge is 0.137 e. The van der Waals surface area contributed by atoms with Crippen molar-refractivity contribution in [2.24, 2.45) is 0 Å². The van der Waals surface area contributed by atoms with Crippen LogP contribution in [0.2, 0.25) is 0 Å². The third kappa shape index (κ3) is 3.08. The van der Waals surface area contributed by atoms with Crippen molar-refractivity contribution in [2.75, 3.05) is 13.7 Å². The maximum atomic E-state index is 5.20. The molecule has 1 aromatic heterocycles. The van der Waals surface area contributed by atoms with Crippen molar-refractivity contribution in [3.8, 4) is 16.9 Å². The summed E-state index contributed by atoms with van der Waals surface area (Å²) in [6.45, 7) is 3.97. The summed E-state index contributed by atoms with van der Waals surface area (Å²) < 4.78 is 5.20. The molecular formula is C15H18N2O. The fraction of sp³-hybridized carbons (Fsp3) is 0.267. The normalized spacial score (nSPS) is 10.3. The van der Waals surface area contributed by atoms with Crippen LogP contribution in [-0.4, -0.2) is 18.6 Å². The summed E-state index contributed by atoms with van der Waals surface area (Å²) >= 11 is 0. The lowest BCUT2D eigenvalue weighted by Crippen LogP contribution is -2.11. The minimum absolute atomic E-state index is 0.782. The monoisotopic (exact) mass is 242 g/mol. The minimum atomic E-state index is 0.782. The summed E-state index contributed by atoms with van der Waals surface area (Å²) in [7, 11) is 1.66. The standard InChI is InChI=1S/C15H18N2O/c1-3-16-9-12-5-4-6-13(7-12)14-8-15(18-2)11-17-10-14/h4-8,10-11,16H,3,9H2,1-2H3. The van der Waals surface area contributed by atoms with Crippen molar-refractivity contribution in [1.29, 1.82) is 0 Å². The Morgan fingerprint density at radius 1 is 1.17 bits per heavy atom. The van der Waals surface area contributed by atoms with E-state index < -0.39 is 0 Å². The van der Waals surface area contributed by atoms with E-state index in [0.717, 1.165) is 30.0 Å². The van der Waals surface area contributed by atoms with Gasteiger partial charge in [-0.05, 0) is 29.8 Å². The SMILES string of the molecule is CCNCc1cccc(-c2cncc(OC)c2)c1.